The number of benzene rings is 2. The fourth-order valence-corrected chi connectivity index (χ4v) is 2.72. The molecule has 0 aromatic heterocycles. The summed E-state index contributed by atoms with van der Waals surface area (Å²) < 4.78 is 11.1. The second-order valence-electron chi connectivity index (χ2n) is 4.37. The summed E-state index contributed by atoms with van der Waals surface area (Å²) in [5.41, 5.74) is 7.12. The summed E-state index contributed by atoms with van der Waals surface area (Å²) in [6.45, 7) is 0.128. The van der Waals surface area contributed by atoms with E-state index in [9.17, 15) is 4.79 Å². The molecule has 5 nitrogen and oxygen atoms in total. The number of hydrogen-bond donors (Lipinski definition) is 2. The Bertz CT molecular complexity index is 736. The zero-order chi connectivity index (χ0) is 15.0. The molecule has 3 rings (SSSR count). The van der Waals surface area contributed by atoms with Gasteiger partial charge in [-0.2, -0.15) is 0 Å². The number of carbonyl (C=O) groups is 1. The lowest BCUT2D eigenvalue weighted by Crippen LogP contribution is -2.14. The van der Waals surface area contributed by atoms with Crippen molar-refractivity contribution in [3.05, 3.63) is 45.4 Å². The van der Waals surface area contributed by atoms with Crippen LogP contribution >= 0.6 is 27.5 Å². The largest absolute Gasteiger partial charge is 0.454 e. The van der Waals surface area contributed by atoms with Crippen molar-refractivity contribution < 1.29 is 14.3 Å². The predicted molar refractivity (Wildman–Crippen MR) is 84.1 cm³/mol. The Hall–Kier alpha value is -1.92. The number of nitrogens with one attached hydrogen (secondary N) is 1. The van der Waals surface area contributed by atoms with Crippen molar-refractivity contribution in [3.8, 4) is 11.5 Å². The average molecular weight is 370 g/mol. The Kier molecular flexibility index (Phi) is 3.65. The number of rotatable bonds is 2. The van der Waals surface area contributed by atoms with Gasteiger partial charge in [0.1, 0.15) is 0 Å². The van der Waals surface area contributed by atoms with Gasteiger partial charge in [0.25, 0.3) is 5.91 Å². The van der Waals surface area contributed by atoms with E-state index in [-0.39, 0.29) is 12.7 Å². The quantitative estimate of drug-likeness (QED) is 0.792. The van der Waals surface area contributed by atoms with Crippen LogP contribution in [0.25, 0.3) is 0 Å². The van der Waals surface area contributed by atoms with Gasteiger partial charge in [-0.25, -0.2) is 0 Å². The highest BCUT2D eigenvalue weighted by molar-refractivity contribution is 9.10. The lowest BCUT2D eigenvalue weighted by atomic mass is 10.1. The Labute approximate surface area is 134 Å². The van der Waals surface area contributed by atoms with E-state index in [0.717, 1.165) is 0 Å². The molecule has 108 valence electrons. The maximum absolute atomic E-state index is 12.3. The first kappa shape index (κ1) is 14.0. The molecule has 1 aliphatic heterocycles. The molecule has 0 radical (unpaired) electrons. The van der Waals surface area contributed by atoms with Gasteiger partial charge in [0.05, 0.1) is 11.3 Å². The van der Waals surface area contributed by atoms with Gasteiger partial charge in [-0.3, -0.25) is 4.79 Å². The van der Waals surface area contributed by atoms with Gasteiger partial charge < -0.3 is 20.5 Å². The van der Waals surface area contributed by atoms with Gasteiger partial charge >= 0.3 is 0 Å². The lowest BCUT2D eigenvalue weighted by molar-refractivity contribution is 0.102. The van der Waals surface area contributed by atoms with Crippen LogP contribution in [-0.4, -0.2) is 12.7 Å². The number of amides is 1. The van der Waals surface area contributed by atoms with E-state index < -0.39 is 0 Å². The summed E-state index contributed by atoms with van der Waals surface area (Å²) in [4.78, 5) is 12.3. The SMILES string of the molecule is Nc1cc2c(cc1C(=O)Nc1ccc(Cl)cc1Br)OCO2. The number of fused-ring (bicyclic) bond motifs is 1. The van der Waals surface area contributed by atoms with Crippen LogP contribution in [0.3, 0.4) is 0 Å². The van der Waals surface area contributed by atoms with E-state index in [1.54, 1.807) is 30.3 Å². The topological polar surface area (TPSA) is 73.6 Å². The normalized spacial score (nSPS) is 12.3. The smallest absolute Gasteiger partial charge is 0.257 e. The summed E-state index contributed by atoms with van der Waals surface area (Å²) >= 11 is 9.21. The summed E-state index contributed by atoms with van der Waals surface area (Å²) in [5, 5.41) is 3.34. The number of nitrogen functional groups attached to an aromatic ring is 1. The van der Waals surface area contributed by atoms with E-state index in [1.165, 1.54) is 0 Å². The molecular weight excluding hydrogens is 360 g/mol. The number of hydrogen-bond acceptors (Lipinski definition) is 4. The van der Waals surface area contributed by atoms with Crippen molar-refractivity contribution in [1.82, 2.24) is 0 Å². The molecule has 0 aliphatic carbocycles. The highest BCUT2D eigenvalue weighted by Crippen LogP contribution is 2.36. The molecule has 0 spiro atoms. The molecule has 0 unspecified atom stereocenters. The van der Waals surface area contributed by atoms with Crippen molar-refractivity contribution in [2.75, 3.05) is 17.8 Å². The predicted octanol–water partition coefficient (Wildman–Crippen LogP) is 3.67. The van der Waals surface area contributed by atoms with Crippen LogP contribution in [0.5, 0.6) is 11.5 Å². The zero-order valence-corrected chi connectivity index (χ0v) is 13.0. The third-order valence-electron chi connectivity index (χ3n) is 2.97. The summed E-state index contributed by atoms with van der Waals surface area (Å²) in [7, 11) is 0. The lowest BCUT2D eigenvalue weighted by Gasteiger charge is -2.10. The third-order valence-corrected chi connectivity index (χ3v) is 3.86. The molecule has 0 fully saturated rings. The molecule has 7 heteroatoms. The first-order valence-corrected chi connectivity index (χ1v) is 7.17. The van der Waals surface area contributed by atoms with Gasteiger partial charge in [0.2, 0.25) is 6.79 Å². The summed E-state index contributed by atoms with van der Waals surface area (Å²) in [5.74, 6) is 0.704. The Balaban J connectivity index is 1.89. The van der Waals surface area contributed by atoms with Crippen LogP contribution in [0.1, 0.15) is 10.4 Å². The van der Waals surface area contributed by atoms with E-state index in [0.29, 0.717) is 37.9 Å². The number of anilines is 2. The van der Waals surface area contributed by atoms with E-state index >= 15 is 0 Å². The number of halogens is 2. The van der Waals surface area contributed by atoms with Gasteiger partial charge in [0, 0.05) is 21.2 Å². The van der Waals surface area contributed by atoms with Crippen LogP contribution in [0, 0.1) is 0 Å². The van der Waals surface area contributed by atoms with Gasteiger partial charge in [-0.1, -0.05) is 11.6 Å². The third kappa shape index (κ3) is 2.77. The average Bonchev–Trinajstić information content (AvgIpc) is 2.88. The highest BCUT2D eigenvalue weighted by Gasteiger charge is 2.20. The number of carbonyl (C=O) groups excluding carboxylic acids is 1. The molecule has 0 atom stereocenters. The molecule has 1 aliphatic rings. The van der Waals surface area contributed by atoms with Crippen LogP contribution in [0.15, 0.2) is 34.8 Å². The fourth-order valence-electron chi connectivity index (χ4n) is 1.93. The van der Waals surface area contributed by atoms with Crippen molar-refractivity contribution in [2.45, 2.75) is 0 Å². The zero-order valence-electron chi connectivity index (χ0n) is 10.7. The summed E-state index contributed by atoms with van der Waals surface area (Å²) in [6.07, 6.45) is 0. The molecular formula is C14H10BrClN2O3. The summed E-state index contributed by atoms with van der Waals surface area (Å²) in [6, 6.07) is 8.23. The minimum Gasteiger partial charge on any atom is -0.454 e. The maximum atomic E-state index is 12.3. The van der Waals surface area contributed by atoms with E-state index in [4.69, 9.17) is 26.8 Å². The molecule has 1 heterocycles. The minimum atomic E-state index is -0.339. The number of nitrogens with two attached hydrogens (primary N) is 1. The van der Waals surface area contributed by atoms with Crippen LogP contribution in [-0.2, 0) is 0 Å². The van der Waals surface area contributed by atoms with Crippen molar-refractivity contribution in [3.63, 3.8) is 0 Å². The second kappa shape index (κ2) is 5.46. The first-order valence-electron chi connectivity index (χ1n) is 6.00. The fraction of sp³-hybridized carbons (Fsp3) is 0.0714. The van der Waals surface area contributed by atoms with Crippen molar-refractivity contribution >= 4 is 44.8 Å². The molecule has 3 N–H and O–H groups in total. The monoisotopic (exact) mass is 368 g/mol. The van der Waals surface area contributed by atoms with Crippen molar-refractivity contribution in [2.24, 2.45) is 0 Å². The molecule has 1 amide bonds. The van der Waals surface area contributed by atoms with Crippen molar-refractivity contribution in [1.29, 1.82) is 0 Å². The first-order chi connectivity index (χ1) is 10.0. The van der Waals surface area contributed by atoms with Gasteiger partial charge in [-0.15, -0.1) is 0 Å². The van der Waals surface area contributed by atoms with Gasteiger partial charge in [0.15, 0.2) is 11.5 Å². The minimum absolute atomic E-state index is 0.128. The Morgan fingerprint density at radius 1 is 1.24 bits per heavy atom. The second-order valence-corrected chi connectivity index (χ2v) is 5.66. The molecule has 0 bridgehead atoms. The van der Waals surface area contributed by atoms with E-state index in [1.807, 2.05) is 0 Å². The van der Waals surface area contributed by atoms with Gasteiger partial charge in [-0.05, 0) is 40.2 Å². The number of ether oxygens (including phenoxy) is 2. The molecule has 2 aromatic rings. The van der Waals surface area contributed by atoms with Crippen LogP contribution < -0.4 is 20.5 Å². The highest BCUT2D eigenvalue weighted by atomic mass is 79.9. The maximum Gasteiger partial charge on any atom is 0.257 e. The molecule has 0 saturated heterocycles. The standard InChI is InChI=1S/C14H10BrClN2O3/c15-9-3-7(16)1-2-11(9)18-14(19)8-4-12-13(5-10(8)17)21-6-20-12/h1-5H,6,17H2,(H,18,19). The van der Waals surface area contributed by atoms with Crippen LogP contribution in [0.2, 0.25) is 5.02 Å². The van der Waals surface area contributed by atoms with E-state index in [2.05, 4.69) is 21.2 Å². The molecule has 2 aromatic carbocycles. The molecule has 21 heavy (non-hydrogen) atoms. The Morgan fingerprint density at radius 2 is 1.95 bits per heavy atom. The van der Waals surface area contributed by atoms with Crippen LogP contribution in [0.4, 0.5) is 11.4 Å². The Morgan fingerprint density at radius 3 is 2.67 bits per heavy atom. The molecule has 0 saturated carbocycles.